The average molecular weight is 184 g/mol. The zero-order valence-electron chi connectivity index (χ0n) is 9.72. The molecule has 1 rings (SSSR count). The minimum atomic E-state index is -0.0609. The quantitative estimate of drug-likeness (QED) is 0.714. The summed E-state index contributed by atoms with van der Waals surface area (Å²) in [5.41, 5.74) is 0.775. The molecule has 2 unspecified atom stereocenters. The highest BCUT2D eigenvalue weighted by molar-refractivity contribution is 4.99. The molecule has 0 bridgehead atoms. The van der Waals surface area contributed by atoms with E-state index in [2.05, 4.69) is 34.6 Å². The third-order valence-corrected chi connectivity index (χ3v) is 3.24. The second-order valence-electron chi connectivity index (χ2n) is 6.47. The Morgan fingerprint density at radius 2 is 1.85 bits per heavy atom. The van der Waals surface area contributed by atoms with Gasteiger partial charge in [0.2, 0.25) is 0 Å². The first-order chi connectivity index (χ1) is 5.72. The monoisotopic (exact) mass is 184 g/mol. The van der Waals surface area contributed by atoms with Crippen LogP contribution in [0.2, 0.25) is 0 Å². The number of rotatable bonds is 3. The van der Waals surface area contributed by atoms with Gasteiger partial charge in [0.25, 0.3) is 0 Å². The summed E-state index contributed by atoms with van der Waals surface area (Å²) in [6.45, 7) is 11.2. The largest absolute Gasteiger partial charge is 0.393 e. The minimum absolute atomic E-state index is 0.0609. The van der Waals surface area contributed by atoms with Gasteiger partial charge in [-0.15, -0.1) is 0 Å². The van der Waals surface area contributed by atoms with Gasteiger partial charge in [0, 0.05) is 0 Å². The average Bonchev–Trinajstić information content (AvgIpc) is 2.53. The van der Waals surface area contributed by atoms with Crippen LogP contribution in [0.25, 0.3) is 0 Å². The van der Waals surface area contributed by atoms with E-state index >= 15 is 0 Å². The highest BCUT2D eigenvalue weighted by atomic mass is 16.3. The summed E-state index contributed by atoms with van der Waals surface area (Å²) in [5.74, 6) is 0.565. The van der Waals surface area contributed by atoms with Crippen LogP contribution in [0.1, 0.15) is 53.9 Å². The Kier molecular flexibility index (Phi) is 2.78. The first-order valence-corrected chi connectivity index (χ1v) is 5.40. The number of hydrogen-bond donors (Lipinski definition) is 1. The maximum Gasteiger partial charge on any atom is 0.0573 e. The highest BCUT2D eigenvalue weighted by Crippen LogP contribution is 2.54. The van der Waals surface area contributed by atoms with Crippen LogP contribution in [0, 0.1) is 16.7 Å². The normalized spacial score (nSPS) is 28.6. The van der Waals surface area contributed by atoms with Gasteiger partial charge >= 0.3 is 0 Å². The lowest BCUT2D eigenvalue weighted by molar-refractivity contribution is 0.112. The van der Waals surface area contributed by atoms with Crippen LogP contribution in [0.3, 0.4) is 0 Å². The van der Waals surface area contributed by atoms with E-state index in [4.69, 9.17) is 0 Å². The van der Waals surface area contributed by atoms with Gasteiger partial charge in [-0.05, 0) is 36.0 Å². The van der Waals surface area contributed by atoms with Crippen molar-refractivity contribution in [1.29, 1.82) is 0 Å². The SMILES string of the molecule is CC(C)(C)CCC(O)C1CC1(C)C. The Hall–Kier alpha value is -0.0400. The van der Waals surface area contributed by atoms with Crippen molar-refractivity contribution >= 4 is 0 Å². The van der Waals surface area contributed by atoms with Gasteiger partial charge in [0.05, 0.1) is 6.10 Å². The van der Waals surface area contributed by atoms with Crippen molar-refractivity contribution in [3.05, 3.63) is 0 Å². The molecule has 0 aromatic heterocycles. The Bertz CT molecular complexity index is 176. The second kappa shape index (κ2) is 3.27. The van der Waals surface area contributed by atoms with Gasteiger partial charge in [0.15, 0.2) is 0 Å². The van der Waals surface area contributed by atoms with E-state index < -0.39 is 0 Å². The smallest absolute Gasteiger partial charge is 0.0573 e. The summed E-state index contributed by atoms with van der Waals surface area (Å²) in [7, 11) is 0. The van der Waals surface area contributed by atoms with Crippen molar-refractivity contribution in [3.8, 4) is 0 Å². The Labute approximate surface area is 82.5 Å². The molecule has 2 atom stereocenters. The van der Waals surface area contributed by atoms with E-state index in [1.54, 1.807) is 0 Å². The first-order valence-electron chi connectivity index (χ1n) is 5.40. The van der Waals surface area contributed by atoms with Gasteiger partial charge in [-0.3, -0.25) is 0 Å². The Morgan fingerprint density at radius 1 is 1.38 bits per heavy atom. The summed E-state index contributed by atoms with van der Waals surface area (Å²) in [6.07, 6.45) is 3.24. The van der Waals surface area contributed by atoms with Gasteiger partial charge in [-0.2, -0.15) is 0 Å². The lowest BCUT2D eigenvalue weighted by Crippen LogP contribution is -2.16. The van der Waals surface area contributed by atoms with Crippen LogP contribution in [0.5, 0.6) is 0 Å². The third kappa shape index (κ3) is 3.30. The van der Waals surface area contributed by atoms with Gasteiger partial charge in [0.1, 0.15) is 0 Å². The van der Waals surface area contributed by atoms with Crippen molar-refractivity contribution in [3.63, 3.8) is 0 Å². The fourth-order valence-corrected chi connectivity index (χ4v) is 1.95. The summed E-state index contributed by atoms with van der Waals surface area (Å²) in [4.78, 5) is 0. The highest BCUT2D eigenvalue weighted by Gasteiger charge is 2.49. The molecule has 0 aliphatic heterocycles. The molecule has 0 heterocycles. The lowest BCUT2D eigenvalue weighted by Gasteiger charge is -2.21. The van der Waals surface area contributed by atoms with Crippen molar-refractivity contribution in [2.75, 3.05) is 0 Å². The van der Waals surface area contributed by atoms with Crippen molar-refractivity contribution in [2.24, 2.45) is 16.7 Å². The molecule has 0 aromatic rings. The fourth-order valence-electron chi connectivity index (χ4n) is 1.95. The summed E-state index contributed by atoms with van der Waals surface area (Å²) >= 11 is 0. The molecule has 13 heavy (non-hydrogen) atoms. The molecule has 1 nitrogen and oxygen atoms in total. The van der Waals surface area contributed by atoms with Crippen LogP contribution in [-0.4, -0.2) is 11.2 Å². The molecule has 0 amide bonds. The van der Waals surface area contributed by atoms with E-state index in [1.165, 1.54) is 6.42 Å². The van der Waals surface area contributed by atoms with E-state index in [0.717, 1.165) is 12.8 Å². The summed E-state index contributed by atoms with van der Waals surface area (Å²) < 4.78 is 0. The van der Waals surface area contributed by atoms with Crippen LogP contribution >= 0.6 is 0 Å². The zero-order chi connectivity index (χ0) is 10.3. The van der Waals surface area contributed by atoms with E-state index in [1.807, 2.05) is 0 Å². The third-order valence-electron chi connectivity index (χ3n) is 3.24. The predicted octanol–water partition coefficient (Wildman–Crippen LogP) is 3.22. The standard InChI is InChI=1S/C12H24O/c1-11(2,3)7-6-10(13)9-8-12(9,4)5/h9-10,13H,6-8H2,1-5H3. The van der Waals surface area contributed by atoms with Crippen molar-refractivity contribution in [1.82, 2.24) is 0 Å². The number of hydrogen-bond acceptors (Lipinski definition) is 1. The van der Waals surface area contributed by atoms with Crippen LogP contribution in [0.4, 0.5) is 0 Å². The summed E-state index contributed by atoms with van der Waals surface area (Å²) in [6, 6.07) is 0. The first kappa shape index (κ1) is 11.0. The molecule has 1 aliphatic carbocycles. The van der Waals surface area contributed by atoms with Crippen molar-refractivity contribution in [2.45, 2.75) is 60.0 Å². The van der Waals surface area contributed by atoms with Crippen LogP contribution < -0.4 is 0 Å². The van der Waals surface area contributed by atoms with Crippen LogP contribution in [-0.2, 0) is 0 Å². The fraction of sp³-hybridized carbons (Fsp3) is 1.00. The molecule has 0 radical (unpaired) electrons. The van der Waals surface area contributed by atoms with Gasteiger partial charge < -0.3 is 5.11 Å². The molecule has 1 fully saturated rings. The van der Waals surface area contributed by atoms with Crippen molar-refractivity contribution < 1.29 is 5.11 Å². The molecule has 1 aliphatic rings. The van der Waals surface area contributed by atoms with E-state index in [-0.39, 0.29) is 6.10 Å². The zero-order valence-corrected chi connectivity index (χ0v) is 9.72. The van der Waals surface area contributed by atoms with Gasteiger partial charge in [-0.1, -0.05) is 34.6 Å². The summed E-state index contributed by atoms with van der Waals surface area (Å²) in [5, 5.41) is 9.89. The van der Waals surface area contributed by atoms with Gasteiger partial charge in [-0.25, -0.2) is 0 Å². The Morgan fingerprint density at radius 3 is 2.15 bits per heavy atom. The maximum absolute atomic E-state index is 9.89. The molecule has 0 aromatic carbocycles. The lowest BCUT2D eigenvalue weighted by atomic mass is 9.88. The Balaban J connectivity index is 2.24. The predicted molar refractivity (Wildman–Crippen MR) is 56.6 cm³/mol. The minimum Gasteiger partial charge on any atom is -0.393 e. The maximum atomic E-state index is 9.89. The topological polar surface area (TPSA) is 20.2 Å². The van der Waals surface area contributed by atoms with Crippen LogP contribution in [0.15, 0.2) is 0 Å². The van der Waals surface area contributed by atoms with E-state index in [9.17, 15) is 5.11 Å². The molecule has 1 heteroatoms. The second-order valence-corrected chi connectivity index (χ2v) is 6.47. The number of aliphatic hydroxyl groups is 1. The number of aliphatic hydroxyl groups excluding tert-OH is 1. The molecular formula is C12H24O. The molecule has 0 spiro atoms. The van der Waals surface area contributed by atoms with E-state index in [0.29, 0.717) is 16.7 Å². The molecule has 1 N–H and O–H groups in total. The molecule has 1 saturated carbocycles. The molecule has 0 saturated heterocycles. The molecule has 78 valence electrons. The molecular weight excluding hydrogens is 160 g/mol.